The summed E-state index contributed by atoms with van der Waals surface area (Å²) in [5, 5.41) is 3.37. The zero-order chi connectivity index (χ0) is 9.52. The van der Waals surface area contributed by atoms with E-state index < -0.39 is 0 Å². The van der Waals surface area contributed by atoms with Crippen LogP contribution in [-0.4, -0.2) is 37.6 Å². The van der Waals surface area contributed by atoms with Gasteiger partial charge in [-0.1, -0.05) is 26.7 Å². The van der Waals surface area contributed by atoms with Crippen molar-refractivity contribution in [1.29, 1.82) is 0 Å². The van der Waals surface area contributed by atoms with Crippen molar-refractivity contribution in [2.24, 2.45) is 5.92 Å². The maximum atomic E-state index is 3.37. The molecule has 2 nitrogen and oxygen atoms in total. The summed E-state index contributed by atoms with van der Waals surface area (Å²) in [5.41, 5.74) is 0. The van der Waals surface area contributed by atoms with Crippen molar-refractivity contribution in [1.82, 2.24) is 10.2 Å². The summed E-state index contributed by atoms with van der Waals surface area (Å²) in [5.74, 6) is 1.08. The second kappa shape index (κ2) is 6.39. The molecule has 1 aliphatic rings. The van der Waals surface area contributed by atoms with E-state index in [1.54, 1.807) is 0 Å². The van der Waals surface area contributed by atoms with E-state index in [4.69, 9.17) is 0 Å². The summed E-state index contributed by atoms with van der Waals surface area (Å²) >= 11 is 0. The van der Waals surface area contributed by atoms with E-state index >= 15 is 0 Å². The average molecular weight is 184 g/mol. The highest BCUT2D eigenvalue weighted by atomic mass is 15.1. The van der Waals surface area contributed by atoms with Crippen LogP contribution in [0.15, 0.2) is 0 Å². The van der Waals surface area contributed by atoms with E-state index in [1.165, 1.54) is 38.9 Å². The van der Waals surface area contributed by atoms with Crippen LogP contribution in [0.5, 0.6) is 0 Å². The Labute approximate surface area is 82.7 Å². The molecule has 1 N–H and O–H groups in total. The molecule has 1 aliphatic carbocycles. The lowest BCUT2D eigenvalue weighted by Gasteiger charge is -2.20. The highest BCUT2D eigenvalue weighted by Gasteiger charge is 2.21. The number of likely N-dealkylation sites (N-methyl/N-ethyl adjacent to an activating group) is 2. The maximum absolute atomic E-state index is 3.37. The van der Waals surface area contributed by atoms with Crippen LogP contribution in [0.4, 0.5) is 0 Å². The third-order valence-electron chi connectivity index (χ3n) is 2.85. The van der Waals surface area contributed by atoms with Crippen molar-refractivity contribution in [2.45, 2.75) is 33.1 Å². The van der Waals surface area contributed by atoms with Gasteiger partial charge in [-0.15, -0.1) is 0 Å². The highest BCUT2D eigenvalue weighted by Crippen LogP contribution is 2.32. The number of hydrogen-bond donors (Lipinski definition) is 1. The van der Waals surface area contributed by atoms with Gasteiger partial charge in [-0.3, -0.25) is 0 Å². The zero-order valence-electron chi connectivity index (χ0n) is 9.18. The van der Waals surface area contributed by atoms with Crippen LogP contribution in [-0.2, 0) is 0 Å². The summed E-state index contributed by atoms with van der Waals surface area (Å²) in [6.45, 7) is 10.4. The van der Waals surface area contributed by atoms with E-state index in [9.17, 15) is 0 Å². The summed E-state index contributed by atoms with van der Waals surface area (Å²) in [4.78, 5) is 2.56. The Morgan fingerprint density at radius 1 is 1.23 bits per heavy atom. The first-order valence-corrected chi connectivity index (χ1v) is 5.79. The van der Waals surface area contributed by atoms with Gasteiger partial charge in [0.25, 0.3) is 0 Å². The van der Waals surface area contributed by atoms with Crippen LogP contribution in [0.25, 0.3) is 0 Å². The van der Waals surface area contributed by atoms with E-state index in [1.807, 2.05) is 0 Å². The fourth-order valence-electron chi connectivity index (χ4n) is 1.61. The van der Waals surface area contributed by atoms with Crippen molar-refractivity contribution in [2.75, 3.05) is 32.7 Å². The molecule has 0 bridgehead atoms. The van der Waals surface area contributed by atoms with Gasteiger partial charge in [-0.2, -0.15) is 0 Å². The molecule has 0 aromatic rings. The van der Waals surface area contributed by atoms with Crippen LogP contribution >= 0.6 is 0 Å². The van der Waals surface area contributed by atoms with Crippen molar-refractivity contribution in [3.05, 3.63) is 0 Å². The molecule has 0 saturated heterocycles. The van der Waals surface area contributed by atoms with Gasteiger partial charge in [-0.05, 0) is 32.0 Å². The second-order valence-corrected chi connectivity index (χ2v) is 4.02. The van der Waals surface area contributed by atoms with E-state index in [2.05, 4.69) is 24.1 Å². The smallest absolute Gasteiger partial charge is 0.0107 e. The van der Waals surface area contributed by atoms with Gasteiger partial charge < -0.3 is 10.2 Å². The number of nitrogens with one attached hydrogen (secondary N) is 1. The van der Waals surface area contributed by atoms with Gasteiger partial charge in [-0.25, -0.2) is 0 Å². The van der Waals surface area contributed by atoms with Crippen LogP contribution < -0.4 is 5.32 Å². The largest absolute Gasteiger partial charge is 0.316 e. The fraction of sp³-hybridized carbons (Fsp3) is 1.00. The first-order valence-electron chi connectivity index (χ1n) is 5.79. The van der Waals surface area contributed by atoms with Gasteiger partial charge in [0.15, 0.2) is 0 Å². The highest BCUT2D eigenvalue weighted by molar-refractivity contribution is 4.74. The number of hydrogen-bond acceptors (Lipinski definition) is 2. The molecule has 1 rings (SSSR count). The first kappa shape index (κ1) is 11.0. The van der Waals surface area contributed by atoms with Gasteiger partial charge in [0, 0.05) is 13.1 Å². The second-order valence-electron chi connectivity index (χ2n) is 4.02. The van der Waals surface area contributed by atoms with E-state index in [-0.39, 0.29) is 0 Å². The third kappa shape index (κ3) is 5.27. The summed E-state index contributed by atoms with van der Waals surface area (Å²) in [6.07, 6.45) is 4.41. The molecule has 13 heavy (non-hydrogen) atoms. The van der Waals surface area contributed by atoms with Crippen LogP contribution in [0.3, 0.4) is 0 Å². The molecule has 0 radical (unpaired) electrons. The Hall–Kier alpha value is -0.0800. The lowest BCUT2D eigenvalue weighted by atomic mass is 10.3. The third-order valence-corrected chi connectivity index (χ3v) is 2.85. The minimum atomic E-state index is 1.08. The lowest BCUT2D eigenvalue weighted by molar-refractivity contribution is 0.279. The molecule has 1 saturated carbocycles. The van der Waals surface area contributed by atoms with Crippen LogP contribution in [0, 0.1) is 5.92 Å². The van der Waals surface area contributed by atoms with E-state index in [0.717, 1.165) is 19.0 Å². The van der Waals surface area contributed by atoms with Gasteiger partial charge >= 0.3 is 0 Å². The quantitative estimate of drug-likeness (QED) is 0.578. The molecule has 0 amide bonds. The molecule has 0 spiro atoms. The van der Waals surface area contributed by atoms with Gasteiger partial charge in [0.1, 0.15) is 0 Å². The molecule has 0 atom stereocenters. The predicted octanol–water partition coefficient (Wildman–Crippen LogP) is 1.72. The Kier molecular flexibility index (Phi) is 5.40. The molecule has 0 aliphatic heterocycles. The van der Waals surface area contributed by atoms with Gasteiger partial charge in [0.2, 0.25) is 0 Å². The molecule has 0 aromatic heterocycles. The topological polar surface area (TPSA) is 15.3 Å². The van der Waals surface area contributed by atoms with Gasteiger partial charge in [0.05, 0.1) is 0 Å². The average Bonchev–Trinajstić information content (AvgIpc) is 2.94. The normalized spacial score (nSPS) is 16.8. The first-order chi connectivity index (χ1) is 6.36. The van der Waals surface area contributed by atoms with Crippen LogP contribution in [0.1, 0.15) is 33.1 Å². The Morgan fingerprint density at radius 2 is 2.00 bits per heavy atom. The van der Waals surface area contributed by atoms with Crippen LogP contribution in [0.2, 0.25) is 0 Å². The fourth-order valence-corrected chi connectivity index (χ4v) is 1.61. The van der Waals surface area contributed by atoms with E-state index in [0.29, 0.717) is 0 Å². The number of nitrogens with zero attached hydrogens (tertiary/aromatic N) is 1. The molecular weight excluding hydrogens is 160 g/mol. The molecule has 0 aromatic carbocycles. The summed E-state index contributed by atoms with van der Waals surface area (Å²) < 4.78 is 0. The molecule has 0 unspecified atom stereocenters. The Morgan fingerprint density at radius 3 is 2.54 bits per heavy atom. The predicted molar refractivity (Wildman–Crippen MR) is 58.0 cm³/mol. The molecule has 1 fully saturated rings. The molecule has 0 heterocycles. The lowest BCUT2D eigenvalue weighted by Crippen LogP contribution is -2.32. The van der Waals surface area contributed by atoms with Crippen molar-refractivity contribution in [3.63, 3.8) is 0 Å². The maximum Gasteiger partial charge on any atom is 0.0107 e. The SMILES string of the molecule is CCNCCN(CC)CCC1CC1. The minimum Gasteiger partial charge on any atom is -0.316 e. The van der Waals surface area contributed by atoms with Crippen molar-refractivity contribution in [3.8, 4) is 0 Å². The van der Waals surface area contributed by atoms with Crippen molar-refractivity contribution < 1.29 is 0 Å². The molecule has 2 heteroatoms. The standard InChI is InChI=1S/C11H24N2/c1-3-12-8-10-13(4-2)9-7-11-5-6-11/h11-12H,3-10H2,1-2H3. The Balaban J connectivity index is 1.95. The minimum absolute atomic E-state index is 1.08. The summed E-state index contributed by atoms with van der Waals surface area (Å²) in [7, 11) is 0. The number of rotatable bonds is 8. The summed E-state index contributed by atoms with van der Waals surface area (Å²) in [6, 6.07) is 0. The van der Waals surface area contributed by atoms with Crippen molar-refractivity contribution >= 4 is 0 Å². The Bertz CT molecular complexity index is 121. The zero-order valence-corrected chi connectivity index (χ0v) is 9.18. The molecular formula is C11H24N2. The monoisotopic (exact) mass is 184 g/mol. The molecule has 78 valence electrons.